The zero-order chi connectivity index (χ0) is 25.5. The van der Waals surface area contributed by atoms with Crippen LogP contribution in [0.5, 0.6) is 5.75 Å². The lowest BCUT2D eigenvalue weighted by atomic mass is 10.2. The van der Waals surface area contributed by atoms with Crippen LogP contribution in [0.3, 0.4) is 0 Å². The molecule has 0 aliphatic carbocycles. The molecule has 0 spiro atoms. The minimum Gasteiger partial charge on any atom is -0.493 e. The van der Waals surface area contributed by atoms with Crippen molar-refractivity contribution in [3.05, 3.63) is 86.9 Å². The topological polar surface area (TPSA) is 132 Å². The zero-order valence-corrected chi connectivity index (χ0v) is 20.4. The number of nitrogens with two attached hydrogens (primary N) is 1. The van der Waals surface area contributed by atoms with Crippen molar-refractivity contribution in [2.75, 3.05) is 17.2 Å². The number of nitrogens with zero attached hydrogens (tertiary/aromatic N) is 4. The van der Waals surface area contributed by atoms with Crippen molar-refractivity contribution in [3.8, 4) is 17.1 Å². The molecule has 10 heteroatoms. The molecule has 0 bridgehead atoms. The largest absolute Gasteiger partial charge is 0.493 e. The number of ether oxygens (including phenoxy) is 1. The predicted molar refractivity (Wildman–Crippen MR) is 138 cm³/mol. The second-order valence-electron chi connectivity index (χ2n) is 8.28. The van der Waals surface area contributed by atoms with Crippen molar-refractivity contribution in [3.63, 3.8) is 0 Å². The molecule has 188 valence electrons. The van der Waals surface area contributed by atoms with Gasteiger partial charge in [-0.3, -0.25) is 14.3 Å². The summed E-state index contributed by atoms with van der Waals surface area (Å²) in [7, 11) is 0. The number of rotatable bonds is 11. The Bertz CT molecular complexity index is 1410. The highest BCUT2D eigenvalue weighted by Gasteiger charge is 2.22. The Balaban J connectivity index is 1.73. The predicted octanol–water partition coefficient (Wildman–Crippen LogP) is 3.57. The number of nitrogens with one attached hydrogen (secondary N) is 1. The number of unbranched alkanes of at least 4 members (excludes halogenated alkanes) is 1. The molecule has 36 heavy (non-hydrogen) atoms. The van der Waals surface area contributed by atoms with Crippen molar-refractivity contribution in [2.24, 2.45) is 0 Å². The number of hydrogen-bond donors (Lipinski definition) is 2. The number of benzene rings is 2. The van der Waals surface area contributed by atoms with E-state index in [4.69, 9.17) is 15.0 Å². The van der Waals surface area contributed by atoms with Gasteiger partial charge in [0.05, 0.1) is 18.7 Å². The van der Waals surface area contributed by atoms with Gasteiger partial charge < -0.3 is 19.9 Å². The van der Waals surface area contributed by atoms with E-state index in [1.165, 1.54) is 4.57 Å². The molecule has 0 unspecified atom stereocenters. The Kier molecular flexibility index (Phi) is 7.84. The van der Waals surface area contributed by atoms with Gasteiger partial charge in [0.1, 0.15) is 17.3 Å². The fourth-order valence-corrected chi connectivity index (χ4v) is 3.96. The fourth-order valence-electron chi connectivity index (χ4n) is 3.96. The summed E-state index contributed by atoms with van der Waals surface area (Å²) in [5, 5.41) is 4.13. The van der Waals surface area contributed by atoms with Crippen LogP contribution < -0.4 is 26.6 Å². The number of hydrogen-bond acceptors (Lipinski definition) is 8. The van der Waals surface area contributed by atoms with Crippen LogP contribution in [-0.2, 0) is 19.6 Å². The monoisotopic (exact) mass is 490 g/mol. The molecule has 0 aliphatic heterocycles. The van der Waals surface area contributed by atoms with E-state index >= 15 is 0 Å². The second-order valence-corrected chi connectivity index (χ2v) is 8.28. The lowest BCUT2D eigenvalue weighted by molar-refractivity contribution is 0.340. The fraction of sp³-hybridized carbons (Fsp3) is 0.308. The van der Waals surface area contributed by atoms with Crippen molar-refractivity contribution < 1.29 is 9.26 Å². The maximum absolute atomic E-state index is 13.0. The van der Waals surface area contributed by atoms with Crippen LogP contribution in [0.1, 0.15) is 38.1 Å². The van der Waals surface area contributed by atoms with Gasteiger partial charge in [0.15, 0.2) is 0 Å². The number of aromatic nitrogens is 4. The van der Waals surface area contributed by atoms with Gasteiger partial charge in [-0.25, -0.2) is 4.79 Å². The number of para-hydroxylation sites is 1. The Labute approximate surface area is 208 Å². The van der Waals surface area contributed by atoms with Crippen LogP contribution in [-0.4, -0.2) is 26.3 Å². The summed E-state index contributed by atoms with van der Waals surface area (Å²) in [6, 6.07) is 17.1. The number of anilines is 2. The standard InChI is InChI=1S/C26H30N6O4/c1-3-5-15-32-23(27)22(25(33)29-26(32)34)31(16-18-11-7-6-8-12-18)17-21-28-24(30-36-21)19-13-9-10-14-20(19)35-4-2/h6-14H,3-5,15-17,27H2,1-2H3,(H,29,33,34). The third kappa shape index (κ3) is 5.48. The van der Waals surface area contributed by atoms with Gasteiger partial charge in [-0.1, -0.05) is 61.0 Å². The molecule has 4 rings (SSSR count). The van der Waals surface area contributed by atoms with E-state index in [1.807, 2.05) is 68.4 Å². The van der Waals surface area contributed by atoms with Gasteiger partial charge in [-0.05, 0) is 31.0 Å². The molecule has 4 aromatic rings. The van der Waals surface area contributed by atoms with Crippen molar-refractivity contribution in [1.82, 2.24) is 19.7 Å². The summed E-state index contributed by atoms with van der Waals surface area (Å²) < 4.78 is 12.7. The molecule has 2 aromatic carbocycles. The lowest BCUT2D eigenvalue weighted by Gasteiger charge is -2.25. The SMILES string of the molecule is CCCCn1c(N)c(N(Cc2ccccc2)Cc2nc(-c3ccccc3OCC)no2)c(=O)[nH]c1=O. The normalized spacial score (nSPS) is 10.9. The van der Waals surface area contributed by atoms with Crippen LogP contribution in [0.4, 0.5) is 11.5 Å². The second kappa shape index (κ2) is 11.4. The molecule has 0 atom stereocenters. The first-order valence-electron chi connectivity index (χ1n) is 12.0. The summed E-state index contributed by atoms with van der Waals surface area (Å²) >= 11 is 0. The van der Waals surface area contributed by atoms with Gasteiger partial charge in [0.25, 0.3) is 5.56 Å². The van der Waals surface area contributed by atoms with E-state index in [9.17, 15) is 9.59 Å². The molecule has 0 saturated heterocycles. The Hall–Kier alpha value is -4.34. The number of H-pyrrole nitrogens is 1. The van der Waals surface area contributed by atoms with E-state index < -0.39 is 11.2 Å². The van der Waals surface area contributed by atoms with E-state index in [2.05, 4.69) is 15.1 Å². The van der Waals surface area contributed by atoms with Crippen LogP contribution in [0.15, 0.2) is 68.7 Å². The highest BCUT2D eigenvalue weighted by Crippen LogP contribution is 2.28. The number of aromatic amines is 1. The Morgan fingerprint density at radius 2 is 1.81 bits per heavy atom. The van der Waals surface area contributed by atoms with Crippen molar-refractivity contribution >= 4 is 11.5 Å². The van der Waals surface area contributed by atoms with Gasteiger partial charge in [-0.2, -0.15) is 4.98 Å². The van der Waals surface area contributed by atoms with E-state index in [1.54, 1.807) is 4.90 Å². The van der Waals surface area contributed by atoms with Gasteiger partial charge in [-0.15, -0.1) is 0 Å². The van der Waals surface area contributed by atoms with Gasteiger partial charge >= 0.3 is 5.69 Å². The minimum absolute atomic E-state index is 0.106. The first-order valence-corrected chi connectivity index (χ1v) is 12.0. The van der Waals surface area contributed by atoms with Crippen LogP contribution in [0.2, 0.25) is 0 Å². The van der Waals surface area contributed by atoms with E-state index in [0.29, 0.717) is 36.8 Å². The van der Waals surface area contributed by atoms with E-state index in [-0.39, 0.29) is 23.9 Å². The molecule has 10 nitrogen and oxygen atoms in total. The third-order valence-corrected chi connectivity index (χ3v) is 5.70. The highest BCUT2D eigenvalue weighted by atomic mass is 16.5. The summed E-state index contributed by atoms with van der Waals surface area (Å²) in [4.78, 5) is 34.2. The molecule has 0 aliphatic rings. The maximum atomic E-state index is 13.0. The van der Waals surface area contributed by atoms with Crippen molar-refractivity contribution in [1.29, 1.82) is 0 Å². The maximum Gasteiger partial charge on any atom is 0.330 e. The molecule has 0 fully saturated rings. The molecule has 0 radical (unpaired) electrons. The molecular formula is C26H30N6O4. The number of nitrogen functional groups attached to an aromatic ring is 1. The molecule has 2 aromatic heterocycles. The molecule has 0 saturated carbocycles. The highest BCUT2D eigenvalue weighted by molar-refractivity contribution is 5.64. The molecule has 3 N–H and O–H groups in total. The molecular weight excluding hydrogens is 460 g/mol. The quantitative estimate of drug-likeness (QED) is 0.326. The first kappa shape index (κ1) is 24.8. The van der Waals surface area contributed by atoms with Gasteiger partial charge in [0, 0.05) is 13.1 Å². The Morgan fingerprint density at radius 1 is 1.06 bits per heavy atom. The average molecular weight is 491 g/mol. The van der Waals surface area contributed by atoms with Crippen molar-refractivity contribution in [2.45, 2.75) is 46.3 Å². The Morgan fingerprint density at radius 3 is 2.56 bits per heavy atom. The summed E-state index contributed by atoms with van der Waals surface area (Å²) in [6.45, 7) is 5.28. The van der Waals surface area contributed by atoms with Gasteiger partial charge in [0.2, 0.25) is 11.7 Å². The van der Waals surface area contributed by atoms with Crippen LogP contribution in [0.25, 0.3) is 11.4 Å². The summed E-state index contributed by atoms with van der Waals surface area (Å²) in [5.74, 6) is 1.42. The summed E-state index contributed by atoms with van der Waals surface area (Å²) in [6.07, 6.45) is 1.63. The third-order valence-electron chi connectivity index (χ3n) is 5.70. The zero-order valence-electron chi connectivity index (χ0n) is 20.4. The smallest absolute Gasteiger partial charge is 0.330 e. The van der Waals surface area contributed by atoms with Crippen LogP contribution in [0, 0.1) is 0 Å². The summed E-state index contributed by atoms with van der Waals surface area (Å²) in [5.41, 5.74) is 7.14. The molecule has 0 amide bonds. The molecule has 2 heterocycles. The lowest BCUT2D eigenvalue weighted by Crippen LogP contribution is -2.38. The average Bonchev–Trinajstić information content (AvgIpc) is 3.33. The first-order chi connectivity index (χ1) is 17.5. The van der Waals surface area contributed by atoms with E-state index in [0.717, 1.165) is 18.4 Å². The van der Waals surface area contributed by atoms with Crippen LogP contribution >= 0.6 is 0 Å². The minimum atomic E-state index is -0.567.